The molecule has 0 radical (unpaired) electrons. The number of nitrogens with zero attached hydrogens (tertiary/aromatic N) is 4. The summed E-state index contributed by atoms with van der Waals surface area (Å²) in [6.45, 7) is 5.43. The molecule has 0 spiro atoms. The number of ether oxygens (including phenoxy) is 1. The maximum Gasteiger partial charge on any atom is 0.226 e. The zero-order valence-electron chi connectivity index (χ0n) is 12.0. The van der Waals surface area contributed by atoms with Gasteiger partial charge in [0, 0.05) is 38.2 Å². The van der Waals surface area contributed by atoms with Gasteiger partial charge in [0.1, 0.15) is 5.01 Å². The van der Waals surface area contributed by atoms with E-state index in [1.807, 2.05) is 18.5 Å². The maximum atomic E-state index is 5.94. The normalized spacial score (nSPS) is 29.7. The molecule has 0 aliphatic carbocycles. The van der Waals surface area contributed by atoms with Crippen LogP contribution >= 0.6 is 11.3 Å². The van der Waals surface area contributed by atoms with Crippen LogP contribution in [0.2, 0.25) is 0 Å². The van der Waals surface area contributed by atoms with E-state index in [0.29, 0.717) is 5.89 Å². The summed E-state index contributed by atoms with van der Waals surface area (Å²) in [6.07, 6.45) is 4.02. The average Bonchev–Trinajstić information content (AvgIpc) is 3.18. The summed E-state index contributed by atoms with van der Waals surface area (Å²) in [4.78, 5) is 6.82. The van der Waals surface area contributed by atoms with E-state index in [1.54, 1.807) is 11.3 Å². The first-order chi connectivity index (χ1) is 10.3. The summed E-state index contributed by atoms with van der Waals surface area (Å²) in [5.41, 5.74) is -0.142. The Hall–Kier alpha value is -1.31. The molecule has 4 rings (SSSR count). The van der Waals surface area contributed by atoms with Gasteiger partial charge in [0.05, 0.1) is 18.1 Å². The van der Waals surface area contributed by atoms with Crippen LogP contribution in [-0.2, 0) is 16.7 Å². The lowest BCUT2D eigenvalue weighted by molar-refractivity contribution is 0.00581. The van der Waals surface area contributed by atoms with Crippen molar-refractivity contribution in [1.82, 2.24) is 20.1 Å². The molecule has 112 valence electrons. The summed E-state index contributed by atoms with van der Waals surface area (Å²) in [5.74, 6) is 1.37. The topological polar surface area (TPSA) is 64.3 Å². The fourth-order valence-electron chi connectivity index (χ4n) is 3.49. The molecule has 2 aromatic heterocycles. The number of piperidine rings is 1. The second-order valence-electron chi connectivity index (χ2n) is 5.82. The Morgan fingerprint density at radius 3 is 3.19 bits per heavy atom. The van der Waals surface area contributed by atoms with Crippen LogP contribution in [0.15, 0.2) is 16.0 Å². The van der Waals surface area contributed by atoms with Gasteiger partial charge in [-0.25, -0.2) is 4.98 Å². The first-order valence-electron chi connectivity index (χ1n) is 7.29. The fourth-order valence-corrected chi connectivity index (χ4v) is 4.15. The van der Waals surface area contributed by atoms with Crippen molar-refractivity contribution in [3.05, 3.63) is 28.4 Å². The number of hydrogen-bond donors (Lipinski definition) is 0. The Morgan fingerprint density at radius 1 is 1.48 bits per heavy atom. The standard InChI is InChI=1S/C14H18N4O2S/c1-10-16-17-13(20-10)14-3-6-19-11(14)2-5-18(9-14)8-12-15-4-7-21-12/h4,7,11H,2-3,5-6,8-9H2,1H3/t11-,14-/m1/s1. The first kappa shape index (κ1) is 13.4. The van der Waals surface area contributed by atoms with Crippen molar-refractivity contribution < 1.29 is 9.15 Å². The molecule has 0 aromatic carbocycles. The third-order valence-electron chi connectivity index (χ3n) is 4.49. The highest BCUT2D eigenvalue weighted by Crippen LogP contribution is 2.43. The molecule has 7 heteroatoms. The van der Waals surface area contributed by atoms with Crippen LogP contribution in [-0.4, -0.2) is 45.9 Å². The third-order valence-corrected chi connectivity index (χ3v) is 5.26. The van der Waals surface area contributed by atoms with Gasteiger partial charge < -0.3 is 9.15 Å². The molecule has 0 bridgehead atoms. The highest BCUT2D eigenvalue weighted by molar-refractivity contribution is 7.09. The van der Waals surface area contributed by atoms with Gasteiger partial charge in [0.2, 0.25) is 11.8 Å². The number of rotatable bonds is 3. The molecule has 21 heavy (non-hydrogen) atoms. The van der Waals surface area contributed by atoms with Crippen molar-refractivity contribution in [2.45, 2.75) is 37.8 Å². The second kappa shape index (κ2) is 5.15. The molecule has 0 unspecified atom stereocenters. The Kier molecular flexibility index (Phi) is 3.28. The molecular formula is C14H18N4O2S. The van der Waals surface area contributed by atoms with Crippen molar-refractivity contribution in [3.8, 4) is 0 Å². The van der Waals surface area contributed by atoms with Gasteiger partial charge in [-0.1, -0.05) is 0 Å². The fraction of sp³-hybridized carbons (Fsp3) is 0.643. The van der Waals surface area contributed by atoms with E-state index in [0.717, 1.165) is 50.0 Å². The van der Waals surface area contributed by atoms with Crippen molar-refractivity contribution >= 4 is 11.3 Å². The van der Waals surface area contributed by atoms with Crippen molar-refractivity contribution in [2.75, 3.05) is 19.7 Å². The quantitative estimate of drug-likeness (QED) is 0.861. The highest BCUT2D eigenvalue weighted by atomic mass is 32.1. The lowest BCUT2D eigenvalue weighted by Gasteiger charge is -2.41. The van der Waals surface area contributed by atoms with Gasteiger partial charge in [-0.15, -0.1) is 21.5 Å². The number of thiazole rings is 1. The van der Waals surface area contributed by atoms with E-state index in [9.17, 15) is 0 Å². The molecule has 2 atom stereocenters. The summed E-state index contributed by atoms with van der Waals surface area (Å²) < 4.78 is 11.7. The van der Waals surface area contributed by atoms with E-state index >= 15 is 0 Å². The summed E-state index contributed by atoms with van der Waals surface area (Å²) in [5, 5.41) is 11.5. The van der Waals surface area contributed by atoms with Crippen LogP contribution in [0.4, 0.5) is 0 Å². The van der Waals surface area contributed by atoms with Crippen LogP contribution in [0, 0.1) is 6.92 Å². The van der Waals surface area contributed by atoms with Crippen molar-refractivity contribution in [3.63, 3.8) is 0 Å². The summed E-state index contributed by atoms with van der Waals surface area (Å²) in [6, 6.07) is 0. The molecule has 2 aromatic rings. The largest absolute Gasteiger partial charge is 0.425 e. The van der Waals surface area contributed by atoms with E-state index in [1.165, 1.54) is 0 Å². The maximum absolute atomic E-state index is 5.94. The van der Waals surface area contributed by atoms with Gasteiger partial charge in [-0.05, 0) is 12.8 Å². The first-order valence-corrected chi connectivity index (χ1v) is 8.17. The van der Waals surface area contributed by atoms with Crippen LogP contribution in [0.1, 0.15) is 29.6 Å². The minimum absolute atomic E-state index is 0.142. The molecule has 0 saturated carbocycles. The lowest BCUT2D eigenvalue weighted by atomic mass is 9.76. The SMILES string of the molecule is Cc1nnc([C@@]23CCO[C@@H]2CCN(Cc2nccs2)C3)o1. The Morgan fingerprint density at radius 2 is 2.43 bits per heavy atom. The van der Waals surface area contributed by atoms with Crippen molar-refractivity contribution in [1.29, 1.82) is 0 Å². The van der Waals surface area contributed by atoms with Gasteiger partial charge in [0.15, 0.2) is 0 Å². The highest BCUT2D eigenvalue weighted by Gasteiger charge is 2.52. The van der Waals surface area contributed by atoms with Crippen LogP contribution < -0.4 is 0 Å². The second-order valence-corrected chi connectivity index (χ2v) is 6.80. The summed E-state index contributed by atoms with van der Waals surface area (Å²) in [7, 11) is 0. The molecular weight excluding hydrogens is 288 g/mol. The smallest absolute Gasteiger partial charge is 0.226 e. The van der Waals surface area contributed by atoms with E-state index in [-0.39, 0.29) is 11.5 Å². The van der Waals surface area contributed by atoms with Gasteiger partial charge >= 0.3 is 0 Å². The number of fused-ring (bicyclic) bond motifs is 1. The van der Waals surface area contributed by atoms with Crippen LogP contribution in [0.5, 0.6) is 0 Å². The van der Waals surface area contributed by atoms with Gasteiger partial charge in [-0.2, -0.15) is 0 Å². The number of hydrogen-bond acceptors (Lipinski definition) is 7. The van der Waals surface area contributed by atoms with Crippen LogP contribution in [0.3, 0.4) is 0 Å². The monoisotopic (exact) mass is 306 g/mol. The minimum atomic E-state index is -0.142. The van der Waals surface area contributed by atoms with Crippen LogP contribution in [0.25, 0.3) is 0 Å². The minimum Gasteiger partial charge on any atom is -0.425 e. The molecule has 6 nitrogen and oxygen atoms in total. The van der Waals surface area contributed by atoms with E-state index < -0.39 is 0 Å². The zero-order chi connectivity index (χ0) is 14.3. The van der Waals surface area contributed by atoms with E-state index in [2.05, 4.69) is 20.1 Å². The van der Waals surface area contributed by atoms with Gasteiger partial charge in [0.25, 0.3) is 0 Å². The Bertz CT molecular complexity index is 614. The Labute approximate surface area is 127 Å². The number of aromatic nitrogens is 3. The molecule has 0 amide bonds. The predicted octanol–water partition coefficient (Wildman–Crippen LogP) is 1.77. The van der Waals surface area contributed by atoms with Gasteiger partial charge in [-0.3, -0.25) is 4.90 Å². The van der Waals surface area contributed by atoms with Crippen molar-refractivity contribution in [2.24, 2.45) is 0 Å². The lowest BCUT2D eigenvalue weighted by Crippen LogP contribution is -2.52. The average molecular weight is 306 g/mol. The number of likely N-dealkylation sites (tertiary alicyclic amines) is 1. The molecule has 2 aliphatic rings. The number of aryl methyl sites for hydroxylation is 1. The molecule has 4 heterocycles. The molecule has 0 N–H and O–H groups in total. The summed E-state index contributed by atoms with van der Waals surface area (Å²) >= 11 is 1.71. The molecule has 2 aliphatic heterocycles. The predicted molar refractivity (Wildman–Crippen MR) is 77.1 cm³/mol. The van der Waals surface area contributed by atoms with E-state index in [4.69, 9.17) is 9.15 Å². The zero-order valence-corrected chi connectivity index (χ0v) is 12.8. The molecule has 2 saturated heterocycles. The molecule has 2 fully saturated rings. The Balaban J connectivity index is 1.60. The third kappa shape index (κ3) is 2.29.